The van der Waals surface area contributed by atoms with Gasteiger partial charge >= 0.3 is 21.2 Å². The van der Waals surface area contributed by atoms with Crippen LogP contribution in [-0.4, -0.2) is 20.6 Å². The van der Waals surface area contributed by atoms with Crippen molar-refractivity contribution in [1.82, 2.24) is 0 Å². The molecule has 0 aromatic heterocycles. The lowest BCUT2D eigenvalue weighted by Crippen LogP contribution is -2.08. The molecule has 0 aliphatic rings. The molecule has 0 saturated heterocycles. The zero-order valence-electron chi connectivity index (χ0n) is 13.8. The third-order valence-electron chi connectivity index (χ3n) is 3.68. The van der Waals surface area contributed by atoms with Crippen LogP contribution in [0.2, 0.25) is 0 Å². The third kappa shape index (κ3) is 6.52. The molecule has 0 saturated carbocycles. The van der Waals surface area contributed by atoms with Crippen LogP contribution >= 0.6 is 15.2 Å². The van der Waals surface area contributed by atoms with Crippen molar-refractivity contribution in [2.24, 2.45) is 0 Å². The van der Waals surface area contributed by atoms with E-state index in [4.69, 9.17) is 0 Å². The van der Waals surface area contributed by atoms with E-state index in [1.807, 2.05) is 0 Å². The quantitative estimate of drug-likeness (QED) is 0.581. The maximum absolute atomic E-state index is 12.1. The van der Waals surface area contributed by atoms with Gasteiger partial charge in [-0.2, -0.15) is 0 Å². The molecule has 0 amide bonds. The zero-order valence-corrected chi connectivity index (χ0v) is 15.6. The van der Waals surface area contributed by atoms with Gasteiger partial charge in [0, 0.05) is 6.42 Å². The topological polar surface area (TPSA) is 121 Å². The second-order valence-corrected chi connectivity index (χ2v) is 9.37. The van der Waals surface area contributed by atoms with Gasteiger partial charge in [-0.3, -0.25) is 9.36 Å². The monoisotopic (exact) mass is 398 g/mol. The van der Waals surface area contributed by atoms with Crippen molar-refractivity contribution in [3.05, 3.63) is 71.8 Å². The van der Waals surface area contributed by atoms with Crippen molar-refractivity contribution >= 4 is 21.2 Å². The van der Waals surface area contributed by atoms with Gasteiger partial charge in [-0.25, -0.2) is 4.57 Å². The number of hydrogen-bond acceptors (Lipinski definition) is 4. The summed E-state index contributed by atoms with van der Waals surface area (Å²) in [5, 5.41) is 0. The standard InChI is InChI=1S/C17H20O7P2/c18-17(24-25(19,20)13-14-7-3-1-4-8-14)12-11-16(26(21,22)23)15-9-5-2-6-10-15/h1-10,16H,11-13H2,(H,19,20)(H2,21,22,23). The maximum Gasteiger partial charge on any atom is 0.383 e. The lowest BCUT2D eigenvalue weighted by molar-refractivity contribution is -0.134. The molecule has 140 valence electrons. The minimum absolute atomic E-state index is 0.196. The highest BCUT2D eigenvalue weighted by atomic mass is 31.2. The number of rotatable bonds is 8. The molecule has 2 aromatic carbocycles. The van der Waals surface area contributed by atoms with Crippen molar-refractivity contribution in [3.8, 4) is 0 Å². The van der Waals surface area contributed by atoms with Gasteiger partial charge in [0.2, 0.25) is 0 Å². The van der Waals surface area contributed by atoms with Crippen LogP contribution < -0.4 is 0 Å². The van der Waals surface area contributed by atoms with Crippen molar-refractivity contribution in [3.63, 3.8) is 0 Å². The molecular formula is C17H20O7P2. The van der Waals surface area contributed by atoms with Gasteiger partial charge in [0.15, 0.2) is 0 Å². The molecular weight excluding hydrogens is 378 g/mol. The Morgan fingerprint density at radius 2 is 1.46 bits per heavy atom. The van der Waals surface area contributed by atoms with Crippen LogP contribution in [0.25, 0.3) is 0 Å². The van der Waals surface area contributed by atoms with Crippen LogP contribution in [0.3, 0.4) is 0 Å². The highest BCUT2D eigenvalue weighted by Gasteiger charge is 2.32. The fourth-order valence-electron chi connectivity index (χ4n) is 2.51. The summed E-state index contributed by atoms with van der Waals surface area (Å²) in [5.41, 5.74) is -0.239. The van der Waals surface area contributed by atoms with Crippen molar-refractivity contribution in [2.75, 3.05) is 0 Å². The number of hydrogen-bond donors (Lipinski definition) is 3. The van der Waals surface area contributed by atoms with Crippen LogP contribution in [-0.2, 0) is 24.6 Å². The van der Waals surface area contributed by atoms with E-state index in [0.717, 1.165) is 0 Å². The summed E-state index contributed by atoms with van der Waals surface area (Å²) in [4.78, 5) is 40.8. The first-order valence-electron chi connectivity index (χ1n) is 7.86. The Morgan fingerprint density at radius 3 is 2.00 bits per heavy atom. The average Bonchev–Trinajstić information content (AvgIpc) is 2.54. The molecule has 2 atom stereocenters. The first-order valence-corrected chi connectivity index (χ1v) is 11.3. The minimum Gasteiger partial charge on any atom is -0.391 e. The summed E-state index contributed by atoms with van der Waals surface area (Å²) >= 11 is 0. The summed E-state index contributed by atoms with van der Waals surface area (Å²) in [6.45, 7) is 0. The fourth-order valence-corrected chi connectivity index (χ4v) is 4.68. The van der Waals surface area contributed by atoms with Gasteiger partial charge in [0.05, 0.1) is 11.8 Å². The van der Waals surface area contributed by atoms with Crippen LogP contribution in [0.1, 0.15) is 29.6 Å². The van der Waals surface area contributed by atoms with E-state index in [-0.39, 0.29) is 19.0 Å². The number of benzene rings is 2. The van der Waals surface area contributed by atoms with E-state index in [1.54, 1.807) is 60.7 Å². The Morgan fingerprint density at radius 1 is 0.923 bits per heavy atom. The summed E-state index contributed by atoms with van der Waals surface area (Å²) in [6, 6.07) is 16.5. The van der Waals surface area contributed by atoms with E-state index >= 15 is 0 Å². The lowest BCUT2D eigenvalue weighted by Gasteiger charge is -2.19. The largest absolute Gasteiger partial charge is 0.391 e. The molecule has 26 heavy (non-hydrogen) atoms. The molecule has 7 nitrogen and oxygen atoms in total. The predicted molar refractivity (Wildman–Crippen MR) is 96.5 cm³/mol. The molecule has 2 aromatic rings. The maximum atomic E-state index is 12.1. The van der Waals surface area contributed by atoms with Crippen LogP contribution in [0.5, 0.6) is 0 Å². The molecule has 0 heterocycles. The highest BCUT2D eigenvalue weighted by Crippen LogP contribution is 2.54. The molecule has 9 heteroatoms. The lowest BCUT2D eigenvalue weighted by atomic mass is 10.1. The van der Waals surface area contributed by atoms with Crippen LogP contribution in [0, 0.1) is 0 Å². The average molecular weight is 398 g/mol. The molecule has 0 spiro atoms. The van der Waals surface area contributed by atoms with Crippen molar-refractivity contribution < 1.29 is 33.1 Å². The van der Waals surface area contributed by atoms with Crippen molar-refractivity contribution in [2.45, 2.75) is 24.7 Å². The molecule has 0 bridgehead atoms. The van der Waals surface area contributed by atoms with Crippen LogP contribution in [0.15, 0.2) is 60.7 Å². The molecule has 2 unspecified atom stereocenters. The zero-order chi connectivity index (χ0) is 19.2. The summed E-state index contributed by atoms with van der Waals surface area (Å²) in [5.74, 6) is -0.971. The van der Waals surface area contributed by atoms with E-state index < -0.39 is 26.8 Å². The predicted octanol–water partition coefficient (Wildman–Crippen LogP) is 3.61. The summed E-state index contributed by atoms with van der Waals surface area (Å²) in [6.07, 6.45) is -0.900. The second kappa shape index (κ2) is 8.76. The second-order valence-electron chi connectivity index (χ2n) is 5.80. The Labute approximate surface area is 151 Å². The smallest absolute Gasteiger partial charge is 0.383 e. The summed E-state index contributed by atoms with van der Waals surface area (Å²) < 4.78 is 28.4. The van der Waals surface area contributed by atoms with Crippen molar-refractivity contribution in [1.29, 1.82) is 0 Å². The third-order valence-corrected chi connectivity index (χ3v) is 6.30. The summed E-state index contributed by atoms with van der Waals surface area (Å²) in [7, 11) is -8.69. The highest BCUT2D eigenvalue weighted by molar-refractivity contribution is 7.52. The number of carbonyl (C=O) groups excluding carboxylic acids is 1. The van der Waals surface area contributed by atoms with Gasteiger partial charge in [-0.1, -0.05) is 60.7 Å². The van der Waals surface area contributed by atoms with Gasteiger partial charge < -0.3 is 19.2 Å². The normalized spacial score (nSPS) is 15.0. The van der Waals surface area contributed by atoms with Gasteiger partial charge in [-0.15, -0.1) is 0 Å². The molecule has 3 N–H and O–H groups in total. The SMILES string of the molecule is O=C(CCC(c1ccccc1)P(=O)(O)O)OP(=O)(O)Cc1ccccc1. The molecule has 0 aliphatic heterocycles. The Kier molecular flexibility index (Phi) is 6.93. The molecule has 2 rings (SSSR count). The fraction of sp³-hybridized carbons (Fsp3) is 0.235. The van der Waals surface area contributed by atoms with E-state index in [9.17, 15) is 28.6 Å². The van der Waals surface area contributed by atoms with Gasteiger partial charge in [0.1, 0.15) is 0 Å². The Balaban J connectivity index is 1.98. The minimum atomic E-state index is -4.50. The van der Waals surface area contributed by atoms with Gasteiger partial charge in [0.25, 0.3) is 0 Å². The molecule has 0 aliphatic carbocycles. The first kappa shape index (κ1) is 20.6. The van der Waals surface area contributed by atoms with E-state index in [2.05, 4.69) is 4.52 Å². The number of carbonyl (C=O) groups is 1. The molecule has 0 radical (unpaired) electrons. The Bertz CT molecular complexity index is 818. The van der Waals surface area contributed by atoms with E-state index in [0.29, 0.717) is 11.1 Å². The Hall–Kier alpha value is -1.75. The van der Waals surface area contributed by atoms with Gasteiger partial charge in [-0.05, 0) is 17.5 Å². The van der Waals surface area contributed by atoms with Crippen LogP contribution in [0.4, 0.5) is 0 Å². The van der Waals surface area contributed by atoms with E-state index in [1.165, 1.54) is 0 Å². The molecule has 0 fully saturated rings. The first-order chi connectivity index (χ1) is 12.2.